The molecule has 0 saturated heterocycles. The monoisotopic (exact) mass is 199 g/mol. The highest BCUT2D eigenvalue weighted by Gasteiger charge is 1.90. The van der Waals surface area contributed by atoms with Gasteiger partial charge in [-0.15, -0.1) is 0 Å². The van der Waals surface area contributed by atoms with Gasteiger partial charge in [0.15, 0.2) is 0 Å². The molecular formula is C12H13N3. The van der Waals surface area contributed by atoms with Gasteiger partial charge in [0.05, 0.1) is 11.9 Å². The van der Waals surface area contributed by atoms with Gasteiger partial charge in [-0.2, -0.15) is 0 Å². The Morgan fingerprint density at radius 2 is 1.87 bits per heavy atom. The van der Waals surface area contributed by atoms with Crippen molar-refractivity contribution in [3.05, 3.63) is 60.4 Å². The van der Waals surface area contributed by atoms with E-state index in [1.807, 2.05) is 30.3 Å². The van der Waals surface area contributed by atoms with Crippen LogP contribution in [0.5, 0.6) is 0 Å². The van der Waals surface area contributed by atoms with Crippen LogP contribution in [0.1, 0.15) is 5.56 Å². The first-order chi connectivity index (χ1) is 7.45. The summed E-state index contributed by atoms with van der Waals surface area (Å²) in [6.07, 6.45) is 3.53. The fourth-order valence-corrected chi connectivity index (χ4v) is 1.28. The van der Waals surface area contributed by atoms with Crippen LogP contribution in [0.25, 0.3) is 0 Å². The molecule has 0 aliphatic rings. The Hall–Kier alpha value is -1.87. The molecule has 2 N–H and O–H groups in total. The van der Waals surface area contributed by atoms with Gasteiger partial charge < -0.3 is 5.43 Å². The van der Waals surface area contributed by atoms with E-state index in [0.29, 0.717) is 0 Å². The van der Waals surface area contributed by atoms with Gasteiger partial charge in [-0.05, 0) is 17.7 Å². The zero-order chi connectivity index (χ0) is 10.3. The van der Waals surface area contributed by atoms with Gasteiger partial charge in [0.25, 0.3) is 0 Å². The van der Waals surface area contributed by atoms with Crippen LogP contribution in [0, 0.1) is 0 Å². The molecule has 0 atom stereocenters. The lowest BCUT2D eigenvalue weighted by molar-refractivity contribution is 0.800. The first-order valence-electron chi connectivity index (χ1n) is 4.88. The van der Waals surface area contributed by atoms with Gasteiger partial charge >= 0.3 is 0 Å². The fraction of sp³-hybridized carbons (Fsp3) is 0.0833. The number of nitrogens with zero attached hydrogens (tertiary/aromatic N) is 1. The number of nitrogens with one attached hydrogen (secondary N) is 2. The molecule has 2 rings (SSSR count). The Labute approximate surface area is 89.1 Å². The summed E-state index contributed by atoms with van der Waals surface area (Å²) >= 11 is 0. The van der Waals surface area contributed by atoms with Crippen molar-refractivity contribution in [1.82, 2.24) is 10.4 Å². The minimum Gasteiger partial charge on any atom is -0.320 e. The van der Waals surface area contributed by atoms with E-state index >= 15 is 0 Å². The van der Waals surface area contributed by atoms with Crippen molar-refractivity contribution in [3.8, 4) is 0 Å². The quantitative estimate of drug-likeness (QED) is 0.741. The standard InChI is InChI=1S/C12H13N3/c1-2-5-11(6-3-1)9-14-15-12-7-4-8-13-10-12/h1-8,10,14-15H,9H2. The van der Waals surface area contributed by atoms with Gasteiger partial charge in [0.1, 0.15) is 0 Å². The molecule has 0 fully saturated rings. The van der Waals surface area contributed by atoms with Crippen molar-refractivity contribution in [3.63, 3.8) is 0 Å². The minimum absolute atomic E-state index is 0.787. The number of pyridine rings is 1. The maximum absolute atomic E-state index is 4.01. The maximum Gasteiger partial charge on any atom is 0.0671 e. The Kier molecular flexibility index (Phi) is 3.30. The molecule has 3 nitrogen and oxygen atoms in total. The molecule has 0 unspecified atom stereocenters. The third kappa shape index (κ3) is 3.07. The summed E-state index contributed by atoms with van der Waals surface area (Å²) in [7, 11) is 0. The van der Waals surface area contributed by atoms with Crippen LogP contribution in [0.4, 0.5) is 5.69 Å². The van der Waals surface area contributed by atoms with E-state index in [0.717, 1.165) is 12.2 Å². The van der Waals surface area contributed by atoms with Crippen molar-refractivity contribution in [2.24, 2.45) is 0 Å². The average molecular weight is 199 g/mol. The first kappa shape index (κ1) is 9.68. The molecule has 0 saturated carbocycles. The molecule has 1 aromatic heterocycles. The molecule has 1 aromatic carbocycles. The van der Waals surface area contributed by atoms with E-state index in [1.165, 1.54) is 5.56 Å². The van der Waals surface area contributed by atoms with Crippen molar-refractivity contribution in [2.45, 2.75) is 6.54 Å². The van der Waals surface area contributed by atoms with Crippen molar-refractivity contribution >= 4 is 5.69 Å². The Morgan fingerprint density at radius 1 is 1.00 bits per heavy atom. The summed E-state index contributed by atoms with van der Waals surface area (Å²) in [5.41, 5.74) is 8.42. The highest BCUT2D eigenvalue weighted by atomic mass is 15.3. The predicted octanol–water partition coefficient (Wildman–Crippen LogP) is 2.20. The number of aromatic nitrogens is 1. The predicted molar refractivity (Wildman–Crippen MR) is 61.1 cm³/mol. The van der Waals surface area contributed by atoms with Crippen LogP contribution in [0.2, 0.25) is 0 Å². The molecule has 0 bridgehead atoms. The number of hydrogen-bond acceptors (Lipinski definition) is 3. The van der Waals surface area contributed by atoms with Gasteiger partial charge in [0, 0.05) is 12.7 Å². The normalized spacial score (nSPS) is 9.87. The summed E-state index contributed by atoms with van der Waals surface area (Å²) in [6.45, 7) is 0.787. The van der Waals surface area contributed by atoms with Crippen LogP contribution in [-0.4, -0.2) is 4.98 Å². The molecule has 76 valence electrons. The van der Waals surface area contributed by atoms with E-state index in [2.05, 4.69) is 28.0 Å². The molecule has 2 aromatic rings. The second kappa shape index (κ2) is 5.12. The number of hydrazine groups is 1. The SMILES string of the molecule is c1ccc(CNNc2cccnc2)cc1. The van der Waals surface area contributed by atoms with Gasteiger partial charge in [0.2, 0.25) is 0 Å². The Bertz CT molecular complexity index is 347. The third-order valence-electron chi connectivity index (χ3n) is 2.03. The van der Waals surface area contributed by atoms with Crippen LogP contribution in [-0.2, 0) is 6.54 Å². The molecule has 0 aliphatic carbocycles. The molecule has 0 spiro atoms. The van der Waals surface area contributed by atoms with Crippen LogP contribution in [0.3, 0.4) is 0 Å². The highest BCUT2D eigenvalue weighted by Crippen LogP contribution is 2.01. The number of rotatable bonds is 4. The lowest BCUT2D eigenvalue weighted by atomic mass is 10.2. The zero-order valence-corrected chi connectivity index (χ0v) is 8.35. The maximum atomic E-state index is 4.01. The smallest absolute Gasteiger partial charge is 0.0671 e. The Morgan fingerprint density at radius 3 is 2.60 bits per heavy atom. The molecule has 0 aliphatic heterocycles. The second-order valence-corrected chi connectivity index (χ2v) is 3.21. The van der Waals surface area contributed by atoms with Gasteiger partial charge in [-0.25, -0.2) is 5.43 Å². The van der Waals surface area contributed by atoms with Crippen molar-refractivity contribution < 1.29 is 0 Å². The zero-order valence-electron chi connectivity index (χ0n) is 8.35. The number of hydrogen-bond donors (Lipinski definition) is 2. The lowest BCUT2D eigenvalue weighted by Crippen LogP contribution is -2.20. The number of anilines is 1. The van der Waals surface area contributed by atoms with Crippen LogP contribution < -0.4 is 10.9 Å². The summed E-state index contributed by atoms with van der Waals surface area (Å²) in [6, 6.07) is 14.1. The van der Waals surface area contributed by atoms with Crippen LogP contribution >= 0.6 is 0 Å². The average Bonchev–Trinajstić information content (AvgIpc) is 2.32. The number of benzene rings is 1. The minimum atomic E-state index is 0.787. The van der Waals surface area contributed by atoms with E-state index in [-0.39, 0.29) is 0 Å². The summed E-state index contributed by atoms with van der Waals surface area (Å²) < 4.78 is 0. The second-order valence-electron chi connectivity index (χ2n) is 3.21. The van der Waals surface area contributed by atoms with Gasteiger partial charge in [-0.1, -0.05) is 30.3 Å². The summed E-state index contributed by atoms with van der Waals surface area (Å²) in [5, 5.41) is 0. The highest BCUT2D eigenvalue weighted by molar-refractivity contribution is 5.38. The summed E-state index contributed by atoms with van der Waals surface area (Å²) in [5.74, 6) is 0. The molecule has 0 radical (unpaired) electrons. The largest absolute Gasteiger partial charge is 0.320 e. The van der Waals surface area contributed by atoms with Crippen molar-refractivity contribution in [1.29, 1.82) is 0 Å². The van der Waals surface area contributed by atoms with E-state index in [9.17, 15) is 0 Å². The molecule has 3 heteroatoms. The van der Waals surface area contributed by atoms with E-state index in [1.54, 1.807) is 12.4 Å². The topological polar surface area (TPSA) is 37.0 Å². The molecule has 1 heterocycles. The Balaban J connectivity index is 1.81. The fourth-order valence-electron chi connectivity index (χ4n) is 1.28. The molecule has 15 heavy (non-hydrogen) atoms. The third-order valence-corrected chi connectivity index (χ3v) is 2.03. The van der Waals surface area contributed by atoms with E-state index < -0.39 is 0 Å². The lowest BCUT2D eigenvalue weighted by Gasteiger charge is -2.07. The van der Waals surface area contributed by atoms with E-state index in [4.69, 9.17) is 0 Å². The van der Waals surface area contributed by atoms with Crippen molar-refractivity contribution in [2.75, 3.05) is 5.43 Å². The van der Waals surface area contributed by atoms with Crippen LogP contribution in [0.15, 0.2) is 54.9 Å². The van der Waals surface area contributed by atoms with Gasteiger partial charge in [-0.3, -0.25) is 4.98 Å². The molecular weight excluding hydrogens is 186 g/mol. The summed E-state index contributed by atoms with van der Waals surface area (Å²) in [4.78, 5) is 4.01. The molecule has 0 amide bonds. The first-order valence-corrected chi connectivity index (χ1v) is 4.88.